The van der Waals surface area contributed by atoms with E-state index < -0.39 is 23.3 Å². The van der Waals surface area contributed by atoms with Gasteiger partial charge in [-0.2, -0.15) is 0 Å². The molecule has 0 aromatic heterocycles. The smallest absolute Gasteiger partial charge is 0.248 e. The zero-order valence-electron chi connectivity index (χ0n) is 22.0. The predicted molar refractivity (Wildman–Crippen MR) is 161 cm³/mol. The van der Waals surface area contributed by atoms with Crippen LogP contribution in [0.25, 0.3) is 0 Å². The Bertz CT molecular complexity index is 1820. The molecule has 4 N–H and O–H groups in total. The topological polar surface area (TPSA) is 111 Å². The summed E-state index contributed by atoms with van der Waals surface area (Å²) >= 11 is 12.7. The van der Waals surface area contributed by atoms with Crippen molar-refractivity contribution in [1.82, 2.24) is 5.32 Å². The highest BCUT2D eigenvalue weighted by Crippen LogP contribution is 2.58. The van der Waals surface area contributed by atoms with Crippen LogP contribution in [0.3, 0.4) is 0 Å². The molecule has 0 bridgehead atoms. The average Bonchev–Trinajstić information content (AvgIpc) is 3.25. The van der Waals surface area contributed by atoms with Crippen LogP contribution in [-0.4, -0.2) is 17.7 Å². The monoisotopic (exact) mass is 595 g/mol. The molecule has 3 amide bonds. The molecule has 208 valence electrons. The van der Waals surface area contributed by atoms with E-state index in [9.17, 15) is 14.4 Å². The molecule has 1 saturated heterocycles. The first kappa shape index (κ1) is 27.4. The molecule has 0 aliphatic carbocycles. The standard InChI is InChI=1S/C33H23Cl2N3O4/c1-2-18-6-13-28(42-23-10-7-19(8-11-23)31(36)40)24(14-18)30-33(25-12-9-22(35)16-27(25)37-32(33)41)26(17-29(39)38-30)20-4-3-5-21(34)15-20/h1,3-16,26,30H,17H2,(H2,36,40)(H,37,41)(H,38,39)/t26-,30+,33-/m0/s1. The fourth-order valence-corrected chi connectivity index (χ4v) is 6.41. The molecule has 4 aromatic carbocycles. The first-order chi connectivity index (χ1) is 20.2. The minimum absolute atomic E-state index is 0.0337. The van der Waals surface area contributed by atoms with Gasteiger partial charge in [-0.05, 0) is 77.9 Å². The number of primary amides is 1. The maximum atomic E-state index is 14.3. The Labute approximate surface area is 252 Å². The number of nitrogens with two attached hydrogens (primary N) is 1. The molecule has 7 nitrogen and oxygen atoms in total. The molecule has 0 unspecified atom stereocenters. The van der Waals surface area contributed by atoms with Gasteiger partial charge in [0, 0.05) is 44.8 Å². The third kappa shape index (κ3) is 4.55. The number of carbonyl (C=O) groups is 3. The van der Waals surface area contributed by atoms with Crippen LogP contribution in [0.4, 0.5) is 5.69 Å². The highest BCUT2D eigenvalue weighted by molar-refractivity contribution is 6.31. The summed E-state index contributed by atoms with van der Waals surface area (Å²) in [5.74, 6) is 1.70. The number of hydrogen-bond acceptors (Lipinski definition) is 4. The quantitative estimate of drug-likeness (QED) is 0.242. The molecule has 6 rings (SSSR count). The number of hydrogen-bond donors (Lipinski definition) is 3. The summed E-state index contributed by atoms with van der Waals surface area (Å²) in [6.45, 7) is 0. The van der Waals surface area contributed by atoms with Crippen molar-refractivity contribution < 1.29 is 19.1 Å². The molecule has 3 atom stereocenters. The van der Waals surface area contributed by atoms with Crippen molar-refractivity contribution in [2.24, 2.45) is 5.73 Å². The number of amides is 3. The molecular weight excluding hydrogens is 573 g/mol. The van der Waals surface area contributed by atoms with Crippen molar-refractivity contribution in [2.45, 2.75) is 23.8 Å². The van der Waals surface area contributed by atoms with Crippen molar-refractivity contribution in [3.63, 3.8) is 0 Å². The van der Waals surface area contributed by atoms with Gasteiger partial charge < -0.3 is 21.1 Å². The van der Waals surface area contributed by atoms with Crippen LogP contribution in [0.2, 0.25) is 10.0 Å². The Balaban J connectivity index is 1.58. The van der Waals surface area contributed by atoms with E-state index >= 15 is 0 Å². The Morgan fingerprint density at radius 1 is 0.976 bits per heavy atom. The van der Waals surface area contributed by atoms with E-state index in [4.69, 9.17) is 40.1 Å². The van der Waals surface area contributed by atoms with Gasteiger partial charge in [-0.15, -0.1) is 6.42 Å². The summed E-state index contributed by atoms with van der Waals surface area (Å²) < 4.78 is 6.29. The summed E-state index contributed by atoms with van der Waals surface area (Å²) in [5.41, 5.74) is 7.39. The predicted octanol–water partition coefficient (Wildman–Crippen LogP) is 6.10. The number of rotatable bonds is 5. The maximum Gasteiger partial charge on any atom is 0.248 e. The van der Waals surface area contributed by atoms with E-state index in [1.165, 1.54) is 0 Å². The van der Waals surface area contributed by atoms with E-state index in [0.29, 0.717) is 49.5 Å². The number of benzene rings is 4. The number of piperidine rings is 1. The van der Waals surface area contributed by atoms with Crippen molar-refractivity contribution in [3.8, 4) is 23.8 Å². The number of ether oxygens (including phenoxy) is 1. The van der Waals surface area contributed by atoms with Crippen LogP contribution in [0, 0.1) is 12.3 Å². The van der Waals surface area contributed by atoms with Crippen molar-refractivity contribution >= 4 is 46.6 Å². The SMILES string of the molecule is C#Cc1ccc(Oc2ccc(C(N)=O)cc2)c([C@H]2NC(=O)C[C@@H](c3cccc(Cl)c3)[C@]23C(=O)Nc2cc(Cl)ccc23)c1. The van der Waals surface area contributed by atoms with E-state index in [1.54, 1.807) is 72.8 Å². The first-order valence-corrected chi connectivity index (χ1v) is 13.8. The Hall–Kier alpha value is -4.77. The average molecular weight is 596 g/mol. The molecule has 4 aromatic rings. The fourth-order valence-electron chi connectivity index (χ4n) is 6.04. The van der Waals surface area contributed by atoms with Gasteiger partial charge in [-0.1, -0.05) is 47.3 Å². The molecule has 2 aliphatic heterocycles. The highest BCUT2D eigenvalue weighted by Gasteiger charge is 2.61. The molecule has 0 radical (unpaired) electrons. The highest BCUT2D eigenvalue weighted by atomic mass is 35.5. The summed E-state index contributed by atoms with van der Waals surface area (Å²) in [4.78, 5) is 39.3. The summed E-state index contributed by atoms with van der Waals surface area (Å²) in [5, 5.41) is 7.04. The minimum atomic E-state index is -1.32. The number of nitrogens with one attached hydrogen (secondary N) is 2. The number of anilines is 1. The summed E-state index contributed by atoms with van der Waals surface area (Å²) in [7, 11) is 0. The Morgan fingerprint density at radius 2 is 1.74 bits per heavy atom. The van der Waals surface area contributed by atoms with E-state index in [0.717, 1.165) is 5.56 Å². The van der Waals surface area contributed by atoms with Crippen LogP contribution in [-0.2, 0) is 15.0 Å². The van der Waals surface area contributed by atoms with Crippen LogP contribution >= 0.6 is 23.2 Å². The van der Waals surface area contributed by atoms with Crippen molar-refractivity contribution in [2.75, 3.05) is 5.32 Å². The van der Waals surface area contributed by atoms with Crippen LogP contribution in [0.1, 0.15) is 51.0 Å². The zero-order valence-corrected chi connectivity index (χ0v) is 23.5. The van der Waals surface area contributed by atoms with E-state index in [1.807, 2.05) is 12.1 Å². The van der Waals surface area contributed by atoms with Crippen LogP contribution < -0.4 is 21.1 Å². The van der Waals surface area contributed by atoms with Crippen molar-refractivity contribution in [1.29, 1.82) is 0 Å². The summed E-state index contributed by atoms with van der Waals surface area (Å²) in [6, 6.07) is 23.0. The van der Waals surface area contributed by atoms with E-state index in [2.05, 4.69) is 16.6 Å². The lowest BCUT2D eigenvalue weighted by Crippen LogP contribution is -2.56. The van der Waals surface area contributed by atoms with Crippen molar-refractivity contribution in [3.05, 3.63) is 123 Å². The second-order valence-corrected chi connectivity index (χ2v) is 11.1. The summed E-state index contributed by atoms with van der Waals surface area (Å²) in [6.07, 6.45) is 5.83. The van der Waals surface area contributed by atoms with Gasteiger partial charge in [0.15, 0.2) is 0 Å². The Morgan fingerprint density at radius 3 is 2.45 bits per heavy atom. The number of terminal acetylenes is 1. The third-order valence-corrected chi connectivity index (χ3v) is 8.33. The van der Waals surface area contributed by atoms with Gasteiger partial charge in [-0.3, -0.25) is 14.4 Å². The van der Waals surface area contributed by atoms with Crippen LogP contribution in [0.5, 0.6) is 11.5 Å². The lowest BCUT2D eigenvalue weighted by Gasteiger charge is -2.46. The molecule has 9 heteroatoms. The molecule has 2 aliphatic rings. The van der Waals surface area contributed by atoms with Gasteiger partial charge in [0.2, 0.25) is 17.7 Å². The first-order valence-electron chi connectivity index (χ1n) is 13.0. The normalized spacial score (nSPS) is 20.8. The van der Waals surface area contributed by atoms with Crippen LogP contribution in [0.15, 0.2) is 84.9 Å². The molecule has 0 saturated carbocycles. The second-order valence-electron chi connectivity index (χ2n) is 10.2. The largest absolute Gasteiger partial charge is 0.457 e. The van der Waals surface area contributed by atoms with Gasteiger partial charge in [0.05, 0.1) is 6.04 Å². The number of carbonyl (C=O) groups excluding carboxylic acids is 3. The lowest BCUT2D eigenvalue weighted by atomic mass is 9.59. The van der Waals surface area contributed by atoms with Gasteiger partial charge in [0.25, 0.3) is 0 Å². The molecular formula is C33H23Cl2N3O4. The number of halogens is 2. The molecule has 1 fully saturated rings. The lowest BCUT2D eigenvalue weighted by molar-refractivity contribution is -0.131. The second kappa shape index (κ2) is 10.6. The molecule has 2 heterocycles. The third-order valence-electron chi connectivity index (χ3n) is 7.86. The maximum absolute atomic E-state index is 14.3. The fraction of sp³-hybridized carbons (Fsp3) is 0.121. The van der Waals surface area contributed by atoms with Gasteiger partial charge >= 0.3 is 0 Å². The zero-order chi connectivity index (χ0) is 29.6. The van der Waals surface area contributed by atoms with Gasteiger partial charge in [0.1, 0.15) is 16.9 Å². The molecule has 1 spiro atoms. The van der Waals surface area contributed by atoms with Gasteiger partial charge in [-0.25, -0.2) is 0 Å². The minimum Gasteiger partial charge on any atom is -0.457 e. The molecule has 42 heavy (non-hydrogen) atoms. The number of fused-ring (bicyclic) bond motifs is 2. The van der Waals surface area contributed by atoms with E-state index in [-0.39, 0.29) is 18.2 Å². The Kier molecular flexibility index (Phi) is 6.90.